The first-order chi connectivity index (χ1) is 15.5. The average Bonchev–Trinajstić information content (AvgIpc) is 3.05. The number of aliphatic hydroxyl groups excluding tert-OH is 1. The summed E-state index contributed by atoms with van der Waals surface area (Å²) in [5.41, 5.74) is 0.940. The molecule has 2 aliphatic rings. The molecule has 2 aromatic rings. The van der Waals surface area contributed by atoms with Crippen LogP contribution in [0.15, 0.2) is 54.1 Å². The molecule has 2 aliphatic heterocycles. The first-order valence-electron chi connectivity index (χ1n) is 10.6. The summed E-state index contributed by atoms with van der Waals surface area (Å²) in [5.74, 6) is -2.12. The molecule has 8 heteroatoms. The van der Waals surface area contributed by atoms with Crippen molar-refractivity contribution in [1.82, 2.24) is 9.80 Å². The standard InChI is InChI=1S/C24H24ClFN2O4/c25-18-6-2-17(3-7-18)22(29)20-21(16-4-8-19(26)9-5-16)28(24(31)23(20)30)11-1-10-27-12-14-32-15-13-27/h2-9,21,29H,1,10-15H2/b22-20+/t21-/m0/s1. The van der Waals surface area contributed by atoms with Crippen molar-refractivity contribution < 1.29 is 23.8 Å². The molecule has 1 amide bonds. The van der Waals surface area contributed by atoms with E-state index >= 15 is 0 Å². The summed E-state index contributed by atoms with van der Waals surface area (Å²) < 4.78 is 18.9. The molecule has 0 aromatic heterocycles. The topological polar surface area (TPSA) is 70.1 Å². The molecule has 0 saturated carbocycles. The monoisotopic (exact) mass is 458 g/mol. The number of hydrogen-bond donors (Lipinski definition) is 1. The van der Waals surface area contributed by atoms with Crippen LogP contribution in [-0.4, -0.2) is 66.0 Å². The van der Waals surface area contributed by atoms with Gasteiger partial charge in [-0.2, -0.15) is 0 Å². The van der Waals surface area contributed by atoms with E-state index in [-0.39, 0.29) is 11.3 Å². The summed E-state index contributed by atoms with van der Waals surface area (Å²) >= 11 is 5.94. The third-order valence-corrected chi connectivity index (χ3v) is 6.07. The van der Waals surface area contributed by atoms with Crippen LogP contribution in [0.3, 0.4) is 0 Å². The van der Waals surface area contributed by atoms with Gasteiger partial charge in [0.2, 0.25) is 0 Å². The summed E-state index contributed by atoms with van der Waals surface area (Å²) in [6, 6.07) is 11.2. The average molecular weight is 459 g/mol. The Kier molecular flexibility index (Phi) is 6.89. The molecule has 32 heavy (non-hydrogen) atoms. The molecule has 0 aliphatic carbocycles. The largest absolute Gasteiger partial charge is 0.507 e. The van der Waals surface area contributed by atoms with Crippen molar-refractivity contribution in [2.24, 2.45) is 0 Å². The van der Waals surface area contributed by atoms with Gasteiger partial charge in [-0.15, -0.1) is 0 Å². The van der Waals surface area contributed by atoms with Crippen LogP contribution in [-0.2, 0) is 14.3 Å². The Labute approximate surface area is 190 Å². The number of likely N-dealkylation sites (tertiary alicyclic amines) is 1. The summed E-state index contributed by atoms with van der Waals surface area (Å²) in [6.07, 6.45) is 0.658. The van der Waals surface area contributed by atoms with Crippen LogP contribution in [0.5, 0.6) is 0 Å². The summed E-state index contributed by atoms with van der Waals surface area (Å²) in [6.45, 7) is 4.12. The van der Waals surface area contributed by atoms with Gasteiger partial charge in [-0.1, -0.05) is 23.7 Å². The zero-order valence-electron chi connectivity index (χ0n) is 17.5. The number of Topliss-reactive ketones (excluding diaryl/α,β-unsaturated/α-hetero) is 1. The van der Waals surface area contributed by atoms with Crippen molar-refractivity contribution in [1.29, 1.82) is 0 Å². The molecule has 0 unspecified atom stereocenters. The van der Waals surface area contributed by atoms with Crippen molar-refractivity contribution in [2.45, 2.75) is 12.5 Å². The van der Waals surface area contributed by atoms with Gasteiger partial charge in [0, 0.05) is 36.8 Å². The number of nitrogens with zero attached hydrogens (tertiary/aromatic N) is 2. The van der Waals surface area contributed by atoms with E-state index in [9.17, 15) is 19.1 Å². The fourth-order valence-corrected chi connectivity index (χ4v) is 4.28. The maximum absolute atomic E-state index is 13.6. The minimum Gasteiger partial charge on any atom is -0.507 e. The number of benzene rings is 2. The normalized spacial score (nSPS) is 21.3. The first-order valence-corrected chi connectivity index (χ1v) is 10.9. The van der Waals surface area contributed by atoms with Crippen molar-refractivity contribution >= 4 is 29.1 Å². The maximum Gasteiger partial charge on any atom is 0.295 e. The number of carbonyl (C=O) groups excluding carboxylic acids is 2. The molecule has 0 bridgehead atoms. The predicted octanol–water partition coefficient (Wildman–Crippen LogP) is 3.62. The number of amides is 1. The van der Waals surface area contributed by atoms with E-state index in [1.54, 1.807) is 24.3 Å². The number of carbonyl (C=O) groups is 2. The SMILES string of the molecule is O=C1C(=O)N(CCCN2CCOCC2)[C@@H](c2ccc(F)cc2)/C1=C(\O)c1ccc(Cl)cc1. The van der Waals surface area contributed by atoms with Crippen LogP contribution in [0.1, 0.15) is 23.6 Å². The fourth-order valence-electron chi connectivity index (χ4n) is 4.15. The lowest BCUT2D eigenvalue weighted by Gasteiger charge is -2.29. The molecule has 0 spiro atoms. The lowest BCUT2D eigenvalue weighted by molar-refractivity contribution is -0.140. The van der Waals surface area contributed by atoms with E-state index in [1.807, 2.05) is 0 Å². The minimum atomic E-state index is -0.795. The quantitative estimate of drug-likeness (QED) is 0.407. The minimum absolute atomic E-state index is 0.00435. The highest BCUT2D eigenvalue weighted by Crippen LogP contribution is 2.39. The number of morpholine rings is 1. The van der Waals surface area contributed by atoms with Gasteiger partial charge < -0.3 is 14.7 Å². The van der Waals surface area contributed by atoms with Crippen LogP contribution < -0.4 is 0 Å². The Balaban J connectivity index is 1.66. The fraction of sp³-hybridized carbons (Fsp3) is 0.333. The third kappa shape index (κ3) is 4.70. The van der Waals surface area contributed by atoms with Gasteiger partial charge in [-0.3, -0.25) is 14.5 Å². The van der Waals surface area contributed by atoms with E-state index in [1.165, 1.54) is 29.2 Å². The summed E-state index contributed by atoms with van der Waals surface area (Å²) in [5, 5.41) is 11.5. The Morgan fingerprint density at radius 2 is 1.69 bits per heavy atom. The molecule has 168 valence electrons. The van der Waals surface area contributed by atoms with Crippen LogP contribution in [0.25, 0.3) is 5.76 Å². The second-order valence-corrected chi connectivity index (χ2v) is 8.29. The molecule has 0 radical (unpaired) electrons. The summed E-state index contributed by atoms with van der Waals surface area (Å²) in [7, 11) is 0. The number of rotatable bonds is 6. The van der Waals surface area contributed by atoms with E-state index in [0.29, 0.717) is 42.3 Å². The Hall–Kier alpha value is -2.74. The molecular formula is C24H24ClFN2O4. The maximum atomic E-state index is 13.6. The van der Waals surface area contributed by atoms with Crippen molar-refractivity contribution in [3.05, 3.63) is 76.1 Å². The Morgan fingerprint density at radius 3 is 2.34 bits per heavy atom. The van der Waals surface area contributed by atoms with E-state index in [0.717, 1.165) is 19.6 Å². The van der Waals surface area contributed by atoms with E-state index < -0.39 is 23.5 Å². The molecule has 2 saturated heterocycles. The highest BCUT2D eigenvalue weighted by Gasteiger charge is 2.45. The molecule has 6 nitrogen and oxygen atoms in total. The second kappa shape index (κ2) is 9.81. The highest BCUT2D eigenvalue weighted by atomic mass is 35.5. The predicted molar refractivity (Wildman–Crippen MR) is 119 cm³/mol. The molecule has 4 rings (SSSR count). The van der Waals surface area contributed by atoms with Crippen molar-refractivity contribution in [3.63, 3.8) is 0 Å². The van der Waals surface area contributed by atoms with Gasteiger partial charge >= 0.3 is 0 Å². The molecule has 2 heterocycles. The summed E-state index contributed by atoms with van der Waals surface area (Å²) in [4.78, 5) is 29.6. The number of ether oxygens (including phenoxy) is 1. The first kappa shape index (κ1) is 22.5. The third-order valence-electron chi connectivity index (χ3n) is 5.82. The van der Waals surface area contributed by atoms with Gasteiger partial charge in [-0.05, 0) is 48.4 Å². The van der Waals surface area contributed by atoms with Crippen molar-refractivity contribution in [3.8, 4) is 0 Å². The van der Waals surface area contributed by atoms with E-state index in [4.69, 9.17) is 16.3 Å². The van der Waals surface area contributed by atoms with Crippen molar-refractivity contribution in [2.75, 3.05) is 39.4 Å². The van der Waals surface area contributed by atoms with Gasteiger partial charge in [0.05, 0.1) is 24.8 Å². The zero-order chi connectivity index (χ0) is 22.7. The van der Waals surface area contributed by atoms with Gasteiger partial charge in [0.15, 0.2) is 0 Å². The Bertz CT molecular complexity index is 1020. The number of aliphatic hydroxyl groups is 1. The lowest BCUT2D eigenvalue weighted by Crippen LogP contribution is -2.38. The Morgan fingerprint density at radius 1 is 1.03 bits per heavy atom. The number of halogens is 2. The highest BCUT2D eigenvalue weighted by molar-refractivity contribution is 6.46. The zero-order valence-corrected chi connectivity index (χ0v) is 18.2. The molecular weight excluding hydrogens is 435 g/mol. The second-order valence-electron chi connectivity index (χ2n) is 7.86. The molecule has 2 aromatic carbocycles. The van der Waals surface area contributed by atoms with Crippen LogP contribution in [0, 0.1) is 5.82 Å². The van der Waals surface area contributed by atoms with Gasteiger partial charge in [0.1, 0.15) is 11.6 Å². The van der Waals surface area contributed by atoms with Gasteiger partial charge in [-0.25, -0.2) is 4.39 Å². The smallest absolute Gasteiger partial charge is 0.295 e. The molecule has 1 N–H and O–H groups in total. The number of ketones is 1. The van der Waals surface area contributed by atoms with Crippen LogP contribution in [0.4, 0.5) is 4.39 Å². The molecule has 2 fully saturated rings. The molecule has 1 atom stereocenters. The van der Waals surface area contributed by atoms with Crippen LogP contribution in [0.2, 0.25) is 5.02 Å². The van der Waals surface area contributed by atoms with E-state index in [2.05, 4.69) is 4.90 Å². The van der Waals surface area contributed by atoms with Crippen LogP contribution >= 0.6 is 11.6 Å². The van der Waals surface area contributed by atoms with Gasteiger partial charge in [0.25, 0.3) is 11.7 Å². The number of hydrogen-bond acceptors (Lipinski definition) is 5. The lowest BCUT2D eigenvalue weighted by atomic mass is 9.95.